The van der Waals surface area contributed by atoms with Crippen LogP contribution >= 0.6 is 0 Å². The van der Waals surface area contributed by atoms with Crippen molar-refractivity contribution in [2.45, 2.75) is 46.0 Å². The summed E-state index contributed by atoms with van der Waals surface area (Å²) in [6, 6.07) is 9.80. The zero-order valence-corrected chi connectivity index (χ0v) is 15.9. The molecular formula is C19H26O3Si. The first-order valence-electron chi connectivity index (χ1n) is 8.05. The summed E-state index contributed by atoms with van der Waals surface area (Å²) in [6.45, 7) is 12.9. The molecule has 0 saturated carbocycles. The SMILES string of the molecule is CCOC(=O)C1=C(c2ccccc2)OC(C)(C)C=C1[Si](C)(C)C. The van der Waals surface area contributed by atoms with Gasteiger partial charge in [-0.3, -0.25) is 0 Å². The Labute approximate surface area is 140 Å². The van der Waals surface area contributed by atoms with Crippen LogP contribution in [0.15, 0.2) is 47.2 Å². The highest BCUT2D eigenvalue weighted by molar-refractivity contribution is 6.84. The normalized spacial score (nSPS) is 17.4. The molecule has 0 saturated heterocycles. The van der Waals surface area contributed by atoms with Crippen LogP contribution in [0.3, 0.4) is 0 Å². The van der Waals surface area contributed by atoms with Gasteiger partial charge in [-0.2, -0.15) is 0 Å². The van der Waals surface area contributed by atoms with Crippen LogP contribution in [0.1, 0.15) is 26.3 Å². The maximum atomic E-state index is 12.7. The van der Waals surface area contributed by atoms with Crippen molar-refractivity contribution in [3.63, 3.8) is 0 Å². The molecule has 124 valence electrons. The van der Waals surface area contributed by atoms with Gasteiger partial charge in [-0.25, -0.2) is 4.79 Å². The minimum Gasteiger partial charge on any atom is -0.482 e. The third-order valence-electron chi connectivity index (χ3n) is 3.68. The van der Waals surface area contributed by atoms with E-state index in [1.54, 1.807) is 0 Å². The average Bonchev–Trinajstić information content (AvgIpc) is 2.45. The molecule has 3 nitrogen and oxygen atoms in total. The molecule has 1 aliphatic heterocycles. The highest BCUT2D eigenvalue weighted by Gasteiger charge is 2.38. The second kappa shape index (κ2) is 6.36. The molecule has 0 unspecified atom stereocenters. The third kappa shape index (κ3) is 3.94. The second-order valence-corrected chi connectivity index (χ2v) is 12.3. The Bertz CT molecular complexity index is 649. The lowest BCUT2D eigenvalue weighted by atomic mass is 9.99. The van der Waals surface area contributed by atoms with E-state index < -0.39 is 13.7 Å². The summed E-state index contributed by atoms with van der Waals surface area (Å²) in [7, 11) is -1.75. The lowest BCUT2D eigenvalue weighted by Crippen LogP contribution is -2.37. The van der Waals surface area contributed by atoms with Crippen LogP contribution in [-0.2, 0) is 14.3 Å². The first-order valence-corrected chi connectivity index (χ1v) is 11.6. The molecule has 0 aliphatic carbocycles. The largest absolute Gasteiger partial charge is 0.482 e. The molecule has 0 bridgehead atoms. The summed E-state index contributed by atoms with van der Waals surface area (Å²) in [5.74, 6) is 0.338. The zero-order chi connectivity index (χ0) is 17.3. The van der Waals surface area contributed by atoms with Crippen molar-refractivity contribution < 1.29 is 14.3 Å². The smallest absolute Gasteiger partial charge is 0.341 e. The van der Waals surface area contributed by atoms with Crippen molar-refractivity contribution in [1.82, 2.24) is 0 Å². The molecule has 0 amide bonds. The van der Waals surface area contributed by atoms with Crippen molar-refractivity contribution in [3.05, 3.63) is 52.7 Å². The van der Waals surface area contributed by atoms with E-state index in [2.05, 4.69) is 25.7 Å². The number of esters is 1. The number of hydrogen-bond acceptors (Lipinski definition) is 3. The molecule has 0 aromatic heterocycles. The Morgan fingerprint density at radius 1 is 1.17 bits per heavy atom. The van der Waals surface area contributed by atoms with Crippen LogP contribution in [0.2, 0.25) is 19.6 Å². The Hall–Kier alpha value is -1.81. The standard InChI is InChI=1S/C19H26O3Si/c1-7-21-18(20)16-15(23(4,5)6)13-19(2,3)22-17(16)14-11-9-8-10-12-14/h8-13H,7H2,1-6H3. The summed E-state index contributed by atoms with van der Waals surface area (Å²) < 4.78 is 11.5. The minimum atomic E-state index is -1.75. The number of carbonyl (C=O) groups excluding carboxylic acids is 1. The number of ether oxygens (including phenoxy) is 2. The van der Waals surface area contributed by atoms with Crippen LogP contribution in [0, 0.1) is 0 Å². The molecule has 0 fully saturated rings. The molecule has 4 heteroatoms. The van der Waals surface area contributed by atoms with Gasteiger partial charge in [0.2, 0.25) is 0 Å². The molecule has 23 heavy (non-hydrogen) atoms. The van der Waals surface area contributed by atoms with Gasteiger partial charge >= 0.3 is 5.97 Å². The molecule has 1 aromatic carbocycles. The van der Waals surface area contributed by atoms with Gasteiger partial charge in [-0.05, 0) is 32.0 Å². The molecule has 2 rings (SSSR count). The third-order valence-corrected chi connectivity index (χ3v) is 5.69. The predicted molar refractivity (Wildman–Crippen MR) is 96.6 cm³/mol. The van der Waals surface area contributed by atoms with Crippen molar-refractivity contribution in [1.29, 1.82) is 0 Å². The van der Waals surface area contributed by atoms with Crippen LogP contribution < -0.4 is 0 Å². The zero-order valence-electron chi connectivity index (χ0n) is 14.9. The maximum Gasteiger partial charge on any atom is 0.341 e. The van der Waals surface area contributed by atoms with E-state index in [0.717, 1.165) is 10.8 Å². The highest BCUT2D eigenvalue weighted by atomic mass is 28.3. The van der Waals surface area contributed by atoms with Gasteiger partial charge < -0.3 is 9.47 Å². The second-order valence-electron chi connectivity index (χ2n) is 7.30. The molecule has 0 N–H and O–H groups in total. The molecule has 0 spiro atoms. The topological polar surface area (TPSA) is 35.5 Å². The van der Waals surface area contributed by atoms with Crippen LogP contribution in [-0.4, -0.2) is 26.3 Å². The van der Waals surface area contributed by atoms with Gasteiger partial charge in [0.25, 0.3) is 0 Å². The van der Waals surface area contributed by atoms with Gasteiger partial charge in [-0.15, -0.1) is 0 Å². The Morgan fingerprint density at radius 3 is 2.30 bits per heavy atom. The van der Waals surface area contributed by atoms with Crippen molar-refractivity contribution >= 4 is 19.8 Å². The average molecular weight is 331 g/mol. The Balaban J connectivity index is 2.70. The summed E-state index contributed by atoms with van der Waals surface area (Å²) in [6.07, 6.45) is 2.10. The summed E-state index contributed by atoms with van der Waals surface area (Å²) >= 11 is 0. The van der Waals surface area contributed by atoms with E-state index in [9.17, 15) is 4.79 Å². The summed E-state index contributed by atoms with van der Waals surface area (Å²) in [5.41, 5.74) is 1.06. The maximum absolute atomic E-state index is 12.7. The number of rotatable bonds is 4. The van der Waals surface area contributed by atoms with Crippen LogP contribution in [0.25, 0.3) is 5.76 Å². The Kier molecular flexibility index (Phi) is 4.85. The van der Waals surface area contributed by atoms with Gasteiger partial charge in [-0.1, -0.05) is 50.0 Å². The van der Waals surface area contributed by atoms with Crippen molar-refractivity contribution in [3.8, 4) is 0 Å². The van der Waals surface area contributed by atoms with Crippen molar-refractivity contribution in [2.75, 3.05) is 6.61 Å². The van der Waals surface area contributed by atoms with Gasteiger partial charge in [0.05, 0.1) is 14.7 Å². The van der Waals surface area contributed by atoms with E-state index in [4.69, 9.17) is 9.47 Å². The fourth-order valence-electron chi connectivity index (χ4n) is 2.68. The fourth-order valence-corrected chi connectivity index (χ4v) is 4.42. The molecule has 0 radical (unpaired) electrons. The fraction of sp³-hybridized carbons (Fsp3) is 0.421. The molecule has 1 aromatic rings. The minimum absolute atomic E-state index is 0.296. The quantitative estimate of drug-likeness (QED) is 0.599. The summed E-state index contributed by atoms with van der Waals surface area (Å²) in [5, 5.41) is 1.10. The van der Waals surface area contributed by atoms with E-state index in [1.165, 1.54) is 0 Å². The molecule has 0 atom stereocenters. The first kappa shape index (κ1) is 17.5. The highest BCUT2D eigenvalue weighted by Crippen LogP contribution is 2.39. The molecule has 1 heterocycles. The lowest BCUT2D eigenvalue weighted by Gasteiger charge is -2.36. The number of benzene rings is 1. The Morgan fingerprint density at radius 2 is 1.78 bits per heavy atom. The summed E-state index contributed by atoms with van der Waals surface area (Å²) in [4.78, 5) is 12.7. The van der Waals surface area contributed by atoms with Crippen LogP contribution in [0.4, 0.5) is 0 Å². The predicted octanol–water partition coefficient (Wildman–Crippen LogP) is 4.57. The first-order chi connectivity index (χ1) is 10.7. The van der Waals surface area contributed by atoms with E-state index in [1.807, 2.05) is 51.1 Å². The van der Waals surface area contributed by atoms with E-state index >= 15 is 0 Å². The lowest BCUT2D eigenvalue weighted by molar-refractivity contribution is -0.138. The van der Waals surface area contributed by atoms with Gasteiger partial charge in [0.1, 0.15) is 16.9 Å². The molecule has 1 aliphatic rings. The number of hydrogen-bond donors (Lipinski definition) is 0. The number of carbonyl (C=O) groups is 1. The van der Waals surface area contributed by atoms with Gasteiger partial charge in [0.15, 0.2) is 0 Å². The van der Waals surface area contributed by atoms with E-state index in [0.29, 0.717) is 17.9 Å². The van der Waals surface area contributed by atoms with Crippen molar-refractivity contribution in [2.24, 2.45) is 0 Å². The van der Waals surface area contributed by atoms with Gasteiger partial charge in [0, 0.05) is 5.56 Å². The molecular weight excluding hydrogens is 304 g/mol. The van der Waals surface area contributed by atoms with Crippen LogP contribution in [0.5, 0.6) is 0 Å². The monoisotopic (exact) mass is 330 g/mol. The van der Waals surface area contributed by atoms with E-state index in [-0.39, 0.29) is 5.97 Å².